The van der Waals surface area contributed by atoms with Crippen LogP contribution in [-0.2, 0) is 28.8 Å². The molecular weight excluding hydrogens is 394 g/mol. The standard InChI is InChI=1S/C24H27N3O2S/c28-23(17-22-18-30-24(26-22)16-20-4-2-1-3-5-20)25-21-8-6-19(7-9-21)10-11-27-12-14-29-15-13-27/h1-9,18H,10-17H2,(H,25,28). The summed E-state index contributed by atoms with van der Waals surface area (Å²) < 4.78 is 5.39. The number of benzene rings is 2. The van der Waals surface area contributed by atoms with Crippen LogP contribution in [0.2, 0.25) is 0 Å². The zero-order chi connectivity index (χ0) is 20.6. The van der Waals surface area contributed by atoms with Gasteiger partial charge in [0.2, 0.25) is 5.91 Å². The summed E-state index contributed by atoms with van der Waals surface area (Å²) in [6.45, 7) is 4.73. The van der Waals surface area contributed by atoms with Crippen molar-refractivity contribution < 1.29 is 9.53 Å². The van der Waals surface area contributed by atoms with E-state index in [4.69, 9.17) is 4.74 Å². The number of anilines is 1. The predicted octanol–water partition coefficient (Wildman–Crippen LogP) is 3.79. The van der Waals surface area contributed by atoms with Crippen LogP contribution in [0.25, 0.3) is 0 Å². The Morgan fingerprint density at radius 3 is 2.57 bits per heavy atom. The number of rotatable bonds is 8. The zero-order valence-electron chi connectivity index (χ0n) is 17.0. The van der Waals surface area contributed by atoms with Gasteiger partial charge in [0.1, 0.15) is 0 Å². The number of aromatic nitrogens is 1. The minimum Gasteiger partial charge on any atom is -0.379 e. The van der Waals surface area contributed by atoms with Crippen LogP contribution in [0.1, 0.15) is 21.8 Å². The number of hydrogen-bond acceptors (Lipinski definition) is 5. The van der Waals surface area contributed by atoms with E-state index in [1.54, 1.807) is 11.3 Å². The fraction of sp³-hybridized carbons (Fsp3) is 0.333. The Bertz CT molecular complexity index is 935. The first-order valence-corrected chi connectivity index (χ1v) is 11.3. The van der Waals surface area contributed by atoms with Crippen molar-refractivity contribution in [2.75, 3.05) is 38.2 Å². The molecule has 0 spiro atoms. The second-order valence-electron chi connectivity index (χ2n) is 7.52. The van der Waals surface area contributed by atoms with E-state index in [0.717, 1.165) is 62.1 Å². The van der Waals surface area contributed by atoms with Crippen LogP contribution < -0.4 is 5.32 Å². The Labute approximate surface area is 181 Å². The fourth-order valence-electron chi connectivity index (χ4n) is 3.52. The molecule has 5 nitrogen and oxygen atoms in total. The molecule has 6 heteroatoms. The highest BCUT2D eigenvalue weighted by Crippen LogP contribution is 2.16. The van der Waals surface area contributed by atoms with Crippen molar-refractivity contribution in [3.8, 4) is 0 Å². The number of carbonyl (C=O) groups excluding carboxylic acids is 1. The lowest BCUT2D eigenvalue weighted by atomic mass is 10.1. The van der Waals surface area contributed by atoms with Crippen molar-refractivity contribution in [1.29, 1.82) is 0 Å². The SMILES string of the molecule is O=C(Cc1csc(Cc2ccccc2)n1)Nc1ccc(CCN2CCOCC2)cc1. The first kappa shape index (κ1) is 20.7. The Morgan fingerprint density at radius 2 is 1.80 bits per heavy atom. The second-order valence-corrected chi connectivity index (χ2v) is 8.46. The molecule has 0 atom stereocenters. The Morgan fingerprint density at radius 1 is 1.03 bits per heavy atom. The second kappa shape index (κ2) is 10.5. The van der Waals surface area contributed by atoms with Crippen LogP contribution in [0.4, 0.5) is 5.69 Å². The molecule has 0 radical (unpaired) electrons. The highest BCUT2D eigenvalue weighted by Gasteiger charge is 2.11. The number of ether oxygens (including phenoxy) is 1. The number of nitrogens with one attached hydrogen (secondary N) is 1. The number of carbonyl (C=O) groups is 1. The van der Waals surface area contributed by atoms with Crippen molar-refractivity contribution in [1.82, 2.24) is 9.88 Å². The lowest BCUT2D eigenvalue weighted by molar-refractivity contribution is -0.115. The van der Waals surface area contributed by atoms with E-state index < -0.39 is 0 Å². The van der Waals surface area contributed by atoms with Crippen molar-refractivity contribution in [2.45, 2.75) is 19.3 Å². The molecule has 4 rings (SSSR count). The third-order valence-electron chi connectivity index (χ3n) is 5.20. The number of morpholine rings is 1. The normalized spacial score (nSPS) is 14.5. The van der Waals surface area contributed by atoms with E-state index in [0.29, 0.717) is 6.42 Å². The summed E-state index contributed by atoms with van der Waals surface area (Å²) in [5, 5.41) is 6.00. The molecule has 1 amide bonds. The summed E-state index contributed by atoms with van der Waals surface area (Å²) in [5.74, 6) is -0.0346. The number of thiazole rings is 1. The molecule has 1 N–H and O–H groups in total. The zero-order valence-corrected chi connectivity index (χ0v) is 17.9. The smallest absolute Gasteiger partial charge is 0.230 e. The van der Waals surface area contributed by atoms with Crippen LogP contribution in [0.5, 0.6) is 0 Å². The monoisotopic (exact) mass is 421 g/mol. The minimum atomic E-state index is -0.0346. The van der Waals surface area contributed by atoms with E-state index in [1.165, 1.54) is 11.1 Å². The minimum absolute atomic E-state index is 0.0346. The summed E-state index contributed by atoms with van der Waals surface area (Å²) in [6, 6.07) is 18.4. The summed E-state index contributed by atoms with van der Waals surface area (Å²) in [4.78, 5) is 19.4. The third kappa shape index (κ3) is 6.23. The van der Waals surface area contributed by atoms with E-state index in [2.05, 4.69) is 39.5 Å². The van der Waals surface area contributed by atoms with Gasteiger partial charge in [0.25, 0.3) is 0 Å². The third-order valence-corrected chi connectivity index (χ3v) is 6.09. The molecule has 30 heavy (non-hydrogen) atoms. The van der Waals surface area contributed by atoms with Gasteiger partial charge in [-0.25, -0.2) is 4.98 Å². The van der Waals surface area contributed by atoms with Gasteiger partial charge in [0, 0.05) is 37.1 Å². The van der Waals surface area contributed by atoms with E-state index in [-0.39, 0.29) is 5.91 Å². The van der Waals surface area contributed by atoms with Crippen molar-refractivity contribution >= 4 is 22.9 Å². The van der Waals surface area contributed by atoms with Gasteiger partial charge in [-0.15, -0.1) is 11.3 Å². The Kier molecular flexibility index (Phi) is 7.24. The molecule has 156 valence electrons. The maximum atomic E-state index is 12.4. The van der Waals surface area contributed by atoms with Gasteiger partial charge in [0.15, 0.2) is 0 Å². The lowest BCUT2D eigenvalue weighted by Gasteiger charge is -2.26. The first-order chi connectivity index (χ1) is 14.7. The Balaban J connectivity index is 1.24. The van der Waals surface area contributed by atoms with Gasteiger partial charge in [0.05, 0.1) is 30.3 Å². The summed E-state index contributed by atoms with van der Waals surface area (Å²) >= 11 is 1.61. The molecule has 1 aliphatic rings. The highest BCUT2D eigenvalue weighted by atomic mass is 32.1. The van der Waals surface area contributed by atoms with Gasteiger partial charge in [-0.05, 0) is 29.7 Å². The molecule has 1 fully saturated rings. The van der Waals surface area contributed by atoms with Gasteiger partial charge in [-0.1, -0.05) is 42.5 Å². The molecule has 0 saturated carbocycles. The van der Waals surface area contributed by atoms with Crippen LogP contribution in [0.15, 0.2) is 60.0 Å². The van der Waals surface area contributed by atoms with Gasteiger partial charge in [-0.2, -0.15) is 0 Å². The molecule has 1 saturated heterocycles. The summed E-state index contributed by atoms with van der Waals surface area (Å²) in [6.07, 6.45) is 2.11. The van der Waals surface area contributed by atoms with Crippen LogP contribution in [-0.4, -0.2) is 48.6 Å². The molecule has 0 unspecified atom stereocenters. The van der Waals surface area contributed by atoms with Crippen LogP contribution in [0.3, 0.4) is 0 Å². The first-order valence-electron chi connectivity index (χ1n) is 10.4. The highest BCUT2D eigenvalue weighted by molar-refractivity contribution is 7.09. The maximum absolute atomic E-state index is 12.4. The average Bonchev–Trinajstić information content (AvgIpc) is 3.21. The summed E-state index contributed by atoms with van der Waals surface area (Å²) in [7, 11) is 0. The van der Waals surface area contributed by atoms with E-state index in [9.17, 15) is 4.79 Å². The largest absolute Gasteiger partial charge is 0.379 e. The molecule has 2 heterocycles. The number of hydrogen-bond donors (Lipinski definition) is 1. The summed E-state index contributed by atoms with van der Waals surface area (Å²) in [5.41, 5.74) is 4.17. The van der Waals surface area contributed by atoms with Crippen LogP contribution in [0, 0.1) is 0 Å². The van der Waals surface area contributed by atoms with E-state index in [1.807, 2.05) is 35.7 Å². The molecule has 1 aromatic heterocycles. The molecule has 2 aromatic carbocycles. The van der Waals surface area contributed by atoms with Crippen molar-refractivity contribution in [3.63, 3.8) is 0 Å². The molecular formula is C24H27N3O2S. The van der Waals surface area contributed by atoms with Crippen molar-refractivity contribution in [2.24, 2.45) is 0 Å². The Hall–Kier alpha value is -2.54. The number of nitrogens with zero attached hydrogens (tertiary/aromatic N) is 2. The molecule has 1 aliphatic heterocycles. The lowest BCUT2D eigenvalue weighted by Crippen LogP contribution is -2.37. The topological polar surface area (TPSA) is 54.5 Å². The molecule has 0 aliphatic carbocycles. The molecule has 0 bridgehead atoms. The molecule has 3 aromatic rings. The number of amides is 1. The van der Waals surface area contributed by atoms with Gasteiger partial charge < -0.3 is 10.1 Å². The van der Waals surface area contributed by atoms with E-state index >= 15 is 0 Å². The van der Waals surface area contributed by atoms with Gasteiger partial charge >= 0.3 is 0 Å². The maximum Gasteiger partial charge on any atom is 0.230 e. The van der Waals surface area contributed by atoms with Crippen LogP contribution >= 0.6 is 11.3 Å². The van der Waals surface area contributed by atoms with Gasteiger partial charge in [-0.3, -0.25) is 9.69 Å². The van der Waals surface area contributed by atoms with Crippen molar-refractivity contribution in [3.05, 3.63) is 81.8 Å². The quantitative estimate of drug-likeness (QED) is 0.601. The average molecular weight is 422 g/mol. The predicted molar refractivity (Wildman–Crippen MR) is 121 cm³/mol. The fourth-order valence-corrected chi connectivity index (χ4v) is 4.35.